The summed E-state index contributed by atoms with van der Waals surface area (Å²) in [5, 5.41) is 17.9. The SMILES string of the molecule is CC.CC(C)(C)OC(=O)NC=BOC#N.CNCCOC(=O)C1C2C=CC(O2)C1C(=O)OCCCN=C(NC(=O)OC(C)(C)C)NC(=O)OC(C)(C)C. The van der Waals surface area contributed by atoms with Gasteiger partial charge in [0, 0.05) is 19.5 Å². The summed E-state index contributed by atoms with van der Waals surface area (Å²) >= 11 is 0. The maximum absolute atomic E-state index is 12.8. The Morgan fingerprint density at radius 2 is 1.25 bits per heavy atom. The number of fused-ring (bicyclic) bond motifs is 2. The number of guanidine groups is 1. The monoisotopic (exact) mass is 752 g/mol. The van der Waals surface area contributed by atoms with E-state index in [4.69, 9.17) is 33.7 Å². The van der Waals surface area contributed by atoms with E-state index < -0.39 is 71.1 Å². The Balaban J connectivity index is 0.00000152. The van der Waals surface area contributed by atoms with Gasteiger partial charge >= 0.3 is 101 Å². The van der Waals surface area contributed by atoms with E-state index in [0.717, 1.165) is 7.12 Å². The zero-order valence-electron chi connectivity index (χ0n) is 32.9. The number of nitriles is 1. The molecule has 53 heavy (non-hydrogen) atoms. The second kappa shape index (κ2) is 23.8. The number of nitrogens with one attached hydrogen (secondary N) is 4. The van der Waals surface area contributed by atoms with Crippen molar-refractivity contribution in [3.8, 4) is 6.26 Å². The quantitative estimate of drug-likeness (QED) is 0.0347. The van der Waals surface area contributed by atoms with Crippen LogP contribution in [-0.4, -0.2) is 112 Å². The summed E-state index contributed by atoms with van der Waals surface area (Å²) in [5.41, 5.74) is -2.05. The van der Waals surface area contributed by atoms with Crippen molar-refractivity contribution in [2.24, 2.45) is 16.8 Å². The van der Waals surface area contributed by atoms with Gasteiger partial charge in [-0.3, -0.25) is 25.2 Å². The van der Waals surface area contributed by atoms with E-state index in [1.165, 1.54) is 12.3 Å². The number of hydrogen-bond acceptors (Lipinski definition) is 15. The van der Waals surface area contributed by atoms with E-state index in [1.807, 2.05) is 13.8 Å². The number of hydrogen-bond donors (Lipinski definition) is 4. The number of carbonyl (C=O) groups excluding carboxylic acids is 5. The minimum Gasteiger partial charge on any atom is -0.465 e. The molecule has 4 N–H and O–H groups in total. The third kappa shape index (κ3) is 22.1. The number of carbonyl (C=O) groups is 5. The predicted octanol–water partition coefficient (Wildman–Crippen LogP) is 3.07. The van der Waals surface area contributed by atoms with Gasteiger partial charge in [-0.05, 0) is 48.6 Å². The van der Waals surface area contributed by atoms with Crippen molar-refractivity contribution in [1.29, 1.82) is 5.26 Å². The first-order valence-electron chi connectivity index (χ1n) is 17.2. The molecule has 18 nitrogen and oxygen atoms in total. The smallest absolute Gasteiger partial charge is 0.414 e. The van der Waals surface area contributed by atoms with Gasteiger partial charge in [0.05, 0.1) is 18.8 Å². The van der Waals surface area contributed by atoms with E-state index in [0.29, 0.717) is 6.54 Å². The molecule has 0 aromatic heterocycles. The van der Waals surface area contributed by atoms with Crippen LogP contribution in [0.2, 0.25) is 0 Å². The molecule has 2 rings (SSSR count). The Labute approximate surface area is 312 Å². The zero-order valence-corrected chi connectivity index (χ0v) is 32.9. The molecule has 3 amide bonds. The van der Waals surface area contributed by atoms with Crippen molar-refractivity contribution in [2.45, 2.75) is 112 Å². The first kappa shape index (κ1) is 48.3. The summed E-state index contributed by atoms with van der Waals surface area (Å²) in [4.78, 5) is 64.7. The van der Waals surface area contributed by atoms with Gasteiger partial charge in [0.1, 0.15) is 29.6 Å². The molecule has 298 valence electrons. The fourth-order valence-corrected chi connectivity index (χ4v) is 4.13. The van der Waals surface area contributed by atoms with E-state index in [-0.39, 0.29) is 32.1 Å². The van der Waals surface area contributed by atoms with Crippen molar-refractivity contribution in [2.75, 3.05) is 33.4 Å². The molecule has 0 radical (unpaired) electrons. The standard InChI is InChI=1S/C25H40N4O9.C7H11BN2O3.C2H6/c1-24(2,3)37-22(32)28-21(29-23(33)38-25(4,5)6)27-11-8-13-34-19(30)17-15-9-10-16(36-15)18(17)20(31)35-14-12-26-7;1-7(2,3)13-6(11)10-4-8-12-5-9;1-2/h9-10,15-18,26H,8,11-14H2,1-7H3,(H2,27,28,29,32,33);4H,1-3H3,(H,10,11);1-2H3. The van der Waals surface area contributed by atoms with E-state index in [9.17, 15) is 24.0 Å². The van der Waals surface area contributed by atoms with Gasteiger partial charge in [-0.1, -0.05) is 26.0 Å². The topological polar surface area (TPSA) is 234 Å². The van der Waals surface area contributed by atoms with Gasteiger partial charge in [0.15, 0.2) is 0 Å². The first-order valence-corrected chi connectivity index (χ1v) is 17.2. The molecule has 4 unspecified atom stereocenters. The van der Waals surface area contributed by atoms with Crippen LogP contribution in [0.25, 0.3) is 0 Å². The normalized spacial score (nSPS) is 18.2. The van der Waals surface area contributed by atoms with E-state index in [1.54, 1.807) is 81.5 Å². The molecule has 1 fully saturated rings. The summed E-state index contributed by atoms with van der Waals surface area (Å²) in [6.07, 6.45) is 3.08. The Kier molecular flexibility index (Phi) is 21.7. The van der Waals surface area contributed by atoms with Gasteiger partial charge in [-0.2, -0.15) is 0 Å². The Hall–Kier alpha value is -4.70. The first-order chi connectivity index (χ1) is 24.7. The minimum absolute atomic E-state index is 0.00634. The predicted molar refractivity (Wildman–Crippen MR) is 196 cm³/mol. The summed E-state index contributed by atoms with van der Waals surface area (Å²) in [6, 6.07) is 0. The molecule has 2 heterocycles. The number of aliphatic imine (C=N–C) groups is 1. The zero-order chi connectivity index (χ0) is 40.8. The molecule has 0 aromatic rings. The molecular formula is C34H57BN6O12. The van der Waals surface area contributed by atoms with Crippen LogP contribution >= 0.6 is 0 Å². The van der Waals surface area contributed by atoms with Gasteiger partial charge in [0.2, 0.25) is 5.96 Å². The van der Waals surface area contributed by atoms with Crippen LogP contribution in [0.4, 0.5) is 14.4 Å². The molecule has 1 saturated heterocycles. The van der Waals surface area contributed by atoms with Crippen LogP contribution in [0.1, 0.15) is 82.6 Å². The van der Waals surface area contributed by atoms with E-state index >= 15 is 0 Å². The molecule has 2 aliphatic heterocycles. The van der Waals surface area contributed by atoms with Crippen molar-refractivity contribution in [3.05, 3.63) is 12.2 Å². The number of esters is 2. The number of nitrogens with zero attached hydrogens (tertiary/aromatic N) is 2. The molecule has 2 aliphatic rings. The fraction of sp³-hybridized carbons (Fsp3) is 0.706. The number of amides is 3. The van der Waals surface area contributed by atoms with Crippen molar-refractivity contribution < 1.29 is 57.0 Å². The third-order valence-electron chi connectivity index (χ3n) is 5.88. The fourth-order valence-electron chi connectivity index (χ4n) is 4.13. The number of ether oxygens (including phenoxy) is 6. The van der Waals surface area contributed by atoms with Gasteiger partial charge in [-0.25, -0.2) is 9.59 Å². The molecule has 0 spiro atoms. The minimum atomic E-state index is -0.810. The molecule has 19 heteroatoms. The van der Waals surface area contributed by atoms with Gasteiger partial charge in [0.25, 0.3) is 0 Å². The van der Waals surface area contributed by atoms with E-state index in [2.05, 4.69) is 30.9 Å². The molecule has 4 atom stereocenters. The number of likely N-dealkylation sites (N-methyl/N-ethyl adjacent to an activating group) is 1. The molecule has 0 aliphatic carbocycles. The average molecular weight is 753 g/mol. The molecular weight excluding hydrogens is 695 g/mol. The van der Waals surface area contributed by atoms with Crippen LogP contribution in [0.5, 0.6) is 0 Å². The molecule has 0 saturated carbocycles. The van der Waals surface area contributed by atoms with Crippen LogP contribution in [-0.2, 0) is 42.7 Å². The second-order valence-electron chi connectivity index (χ2n) is 13.9. The number of alkyl carbamates (subject to hydrolysis) is 3. The average Bonchev–Trinajstić information content (AvgIpc) is 3.64. The molecule has 0 aromatic carbocycles. The van der Waals surface area contributed by atoms with Gasteiger partial charge in [-0.15, -0.1) is 0 Å². The second-order valence-corrected chi connectivity index (χ2v) is 13.9. The van der Waals surface area contributed by atoms with Crippen molar-refractivity contribution in [1.82, 2.24) is 21.3 Å². The van der Waals surface area contributed by atoms with Crippen molar-refractivity contribution >= 4 is 49.4 Å². The molecule has 2 bridgehead atoms. The maximum Gasteiger partial charge on any atom is 0.414 e. The number of rotatable bonds is 11. The van der Waals surface area contributed by atoms with Crippen LogP contribution in [0.15, 0.2) is 17.1 Å². The van der Waals surface area contributed by atoms with Crippen LogP contribution in [0.3, 0.4) is 0 Å². The largest absolute Gasteiger partial charge is 0.465 e. The van der Waals surface area contributed by atoms with Gasteiger partial charge < -0.3 is 29.0 Å². The van der Waals surface area contributed by atoms with Crippen LogP contribution < -0.4 is 21.3 Å². The Bertz CT molecular complexity index is 1300. The van der Waals surface area contributed by atoms with Crippen LogP contribution in [0, 0.1) is 23.4 Å². The third-order valence-corrected chi connectivity index (χ3v) is 5.88. The maximum atomic E-state index is 12.8. The summed E-state index contributed by atoms with van der Waals surface area (Å²) in [5.74, 6) is -2.81. The van der Waals surface area contributed by atoms with Crippen molar-refractivity contribution in [3.63, 3.8) is 0 Å². The summed E-state index contributed by atoms with van der Waals surface area (Å²) < 4.78 is 35.8. The summed E-state index contributed by atoms with van der Waals surface area (Å²) in [7, 11) is 2.79. The summed E-state index contributed by atoms with van der Waals surface area (Å²) in [6.45, 7) is 20.2. The Morgan fingerprint density at radius 1 is 0.792 bits per heavy atom. The Morgan fingerprint density at radius 3 is 1.68 bits per heavy atom.